The van der Waals surface area contributed by atoms with E-state index in [0.29, 0.717) is 10.6 Å². The van der Waals surface area contributed by atoms with Gasteiger partial charge in [0.1, 0.15) is 18.2 Å². The Morgan fingerprint density at radius 2 is 1.89 bits per heavy atom. The molecular formula is C19H14F3NO3S. The highest BCUT2D eigenvalue weighted by Crippen LogP contribution is 2.28. The fourth-order valence-electron chi connectivity index (χ4n) is 2.23. The lowest BCUT2D eigenvalue weighted by molar-refractivity contribution is -0.0495. The molecule has 0 radical (unpaired) electrons. The van der Waals surface area contributed by atoms with Gasteiger partial charge in [-0.05, 0) is 35.7 Å². The van der Waals surface area contributed by atoms with E-state index in [9.17, 15) is 18.0 Å². The Hall–Kier alpha value is -3.00. The van der Waals surface area contributed by atoms with Gasteiger partial charge in [0.2, 0.25) is 0 Å². The van der Waals surface area contributed by atoms with E-state index in [2.05, 4.69) is 10.1 Å². The van der Waals surface area contributed by atoms with Crippen molar-refractivity contribution in [3.63, 3.8) is 0 Å². The van der Waals surface area contributed by atoms with Crippen molar-refractivity contribution < 1.29 is 27.4 Å². The molecule has 1 heterocycles. The van der Waals surface area contributed by atoms with Crippen molar-refractivity contribution in [2.45, 2.75) is 13.2 Å². The molecule has 0 aliphatic carbocycles. The number of thiophene rings is 1. The predicted molar refractivity (Wildman–Crippen MR) is 96.1 cm³/mol. The van der Waals surface area contributed by atoms with Crippen LogP contribution in [0.4, 0.5) is 18.9 Å². The molecule has 0 atom stereocenters. The van der Waals surface area contributed by atoms with Crippen molar-refractivity contribution in [2.75, 3.05) is 5.32 Å². The van der Waals surface area contributed by atoms with Crippen LogP contribution in [0.5, 0.6) is 11.5 Å². The number of carbonyl (C=O) groups excluding carboxylic acids is 1. The SMILES string of the molecule is O=C(Nc1ccc(F)cc1OC(F)F)c1cc(COc2ccccc2)cs1. The second-order valence-corrected chi connectivity index (χ2v) is 6.31. The number of carbonyl (C=O) groups is 1. The first-order chi connectivity index (χ1) is 13.0. The Balaban J connectivity index is 1.66. The van der Waals surface area contributed by atoms with E-state index >= 15 is 0 Å². The van der Waals surface area contributed by atoms with Crippen molar-refractivity contribution >= 4 is 22.9 Å². The van der Waals surface area contributed by atoms with Crippen LogP contribution in [0.15, 0.2) is 60.0 Å². The average molecular weight is 393 g/mol. The standard InChI is InChI=1S/C19H14F3NO3S/c20-13-6-7-15(16(9-13)26-19(21)22)23-18(24)17-8-12(11-27-17)10-25-14-4-2-1-3-5-14/h1-9,11,19H,10H2,(H,23,24). The van der Waals surface area contributed by atoms with Crippen LogP contribution in [-0.2, 0) is 6.61 Å². The molecule has 4 nitrogen and oxygen atoms in total. The Morgan fingerprint density at radius 3 is 2.63 bits per heavy atom. The van der Waals surface area contributed by atoms with Crippen LogP contribution in [0.3, 0.4) is 0 Å². The van der Waals surface area contributed by atoms with E-state index in [0.717, 1.165) is 23.8 Å². The number of rotatable bonds is 7. The molecule has 0 unspecified atom stereocenters. The summed E-state index contributed by atoms with van der Waals surface area (Å²) in [6.07, 6.45) is 0. The summed E-state index contributed by atoms with van der Waals surface area (Å²) in [4.78, 5) is 12.7. The van der Waals surface area contributed by atoms with Gasteiger partial charge >= 0.3 is 6.61 Å². The third-order valence-corrected chi connectivity index (χ3v) is 4.41. The minimum Gasteiger partial charge on any atom is -0.489 e. The van der Waals surface area contributed by atoms with Crippen molar-refractivity contribution in [2.24, 2.45) is 0 Å². The monoisotopic (exact) mass is 393 g/mol. The van der Waals surface area contributed by atoms with E-state index in [-0.39, 0.29) is 12.3 Å². The second kappa shape index (κ2) is 8.59. The minimum atomic E-state index is -3.13. The molecule has 1 N–H and O–H groups in total. The molecule has 0 saturated heterocycles. The Labute approximate surface area is 157 Å². The van der Waals surface area contributed by atoms with E-state index in [1.165, 1.54) is 11.3 Å². The summed E-state index contributed by atoms with van der Waals surface area (Å²) in [5.74, 6) is -1.01. The molecule has 3 rings (SSSR count). The first kappa shape index (κ1) is 18.8. The van der Waals surface area contributed by atoms with E-state index in [1.54, 1.807) is 11.4 Å². The molecule has 3 aromatic rings. The zero-order chi connectivity index (χ0) is 19.2. The molecule has 0 bridgehead atoms. The van der Waals surface area contributed by atoms with Crippen LogP contribution < -0.4 is 14.8 Å². The van der Waals surface area contributed by atoms with Gasteiger partial charge in [0.25, 0.3) is 5.91 Å². The maximum atomic E-state index is 13.2. The maximum Gasteiger partial charge on any atom is 0.387 e. The number of ether oxygens (including phenoxy) is 2. The lowest BCUT2D eigenvalue weighted by atomic mass is 10.2. The molecule has 8 heteroatoms. The third kappa shape index (κ3) is 5.24. The highest BCUT2D eigenvalue weighted by Gasteiger charge is 2.15. The summed E-state index contributed by atoms with van der Waals surface area (Å²) in [7, 11) is 0. The van der Waals surface area contributed by atoms with Crippen LogP contribution in [-0.4, -0.2) is 12.5 Å². The highest BCUT2D eigenvalue weighted by molar-refractivity contribution is 7.12. The smallest absolute Gasteiger partial charge is 0.387 e. The fraction of sp³-hybridized carbons (Fsp3) is 0.105. The Morgan fingerprint density at radius 1 is 1.11 bits per heavy atom. The first-order valence-corrected chi connectivity index (χ1v) is 8.70. The van der Waals surface area contributed by atoms with Crippen molar-refractivity contribution in [1.82, 2.24) is 0 Å². The molecular weight excluding hydrogens is 379 g/mol. The lowest BCUT2D eigenvalue weighted by Crippen LogP contribution is -2.13. The highest BCUT2D eigenvalue weighted by atomic mass is 32.1. The van der Waals surface area contributed by atoms with Gasteiger partial charge in [-0.15, -0.1) is 11.3 Å². The zero-order valence-corrected chi connectivity index (χ0v) is 14.6. The average Bonchev–Trinajstić information content (AvgIpc) is 3.12. The second-order valence-electron chi connectivity index (χ2n) is 5.39. The van der Waals surface area contributed by atoms with Crippen molar-refractivity contribution in [3.05, 3.63) is 76.2 Å². The van der Waals surface area contributed by atoms with Crippen LogP contribution in [0.2, 0.25) is 0 Å². The van der Waals surface area contributed by atoms with Gasteiger partial charge in [0.05, 0.1) is 10.6 Å². The minimum absolute atomic E-state index is 0.0443. The quantitative estimate of drug-likeness (QED) is 0.591. The summed E-state index contributed by atoms with van der Waals surface area (Å²) < 4.78 is 48.0. The van der Waals surface area contributed by atoms with E-state index in [4.69, 9.17) is 4.74 Å². The number of alkyl halides is 2. The normalized spacial score (nSPS) is 10.7. The molecule has 27 heavy (non-hydrogen) atoms. The summed E-state index contributed by atoms with van der Waals surface area (Å²) in [6, 6.07) is 13.8. The number of nitrogens with one attached hydrogen (secondary N) is 1. The summed E-state index contributed by atoms with van der Waals surface area (Å²) in [6.45, 7) is -2.85. The molecule has 1 aromatic heterocycles. The number of hydrogen-bond donors (Lipinski definition) is 1. The number of benzene rings is 2. The topological polar surface area (TPSA) is 47.6 Å². The third-order valence-electron chi connectivity index (χ3n) is 3.43. The lowest BCUT2D eigenvalue weighted by Gasteiger charge is -2.11. The molecule has 0 aliphatic rings. The fourth-order valence-corrected chi connectivity index (χ4v) is 3.02. The number of amides is 1. The zero-order valence-electron chi connectivity index (χ0n) is 13.8. The molecule has 0 fully saturated rings. The van der Waals surface area contributed by atoms with Gasteiger partial charge in [-0.25, -0.2) is 4.39 Å². The summed E-state index contributed by atoms with van der Waals surface area (Å²) in [5, 5.41) is 4.22. The number of halogens is 3. The van der Waals surface area contributed by atoms with E-state index < -0.39 is 24.1 Å². The molecule has 0 aliphatic heterocycles. The van der Waals surface area contributed by atoms with Gasteiger partial charge in [-0.3, -0.25) is 4.79 Å². The van der Waals surface area contributed by atoms with E-state index in [1.807, 2.05) is 30.3 Å². The molecule has 0 spiro atoms. The number of anilines is 1. The largest absolute Gasteiger partial charge is 0.489 e. The van der Waals surface area contributed by atoms with Gasteiger partial charge in [-0.2, -0.15) is 8.78 Å². The Kier molecular flexibility index (Phi) is 5.97. The maximum absolute atomic E-state index is 13.2. The van der Waals surface area contributed by atoms with Gasteiger partial charge < -0.3 is 14.8 Å². The first-order valence-electron chi connectivity index (χ1n) is 7.82. The van der Waals surface area contributed by atoms with Crippen LogP contribution in [0.1, 0.15) is 15.2 Å². The van der Waals surface area contributed by atoms with Gasteiger partial charge in [-0.1, -0.05) is 18.2 Å². The molecule has 1 amide bonds. The van der Waals surface area contributed by atoms with Gasteiger partial charge in [0, 0.05) is 11.6 Å². The Bertz CT molecular complexity index is 916. The number of para-hydroxylation sites is 1. The molecule has 140 valence electrons. The van der Waals surface area contributed by atoms with Crippen molar-refractivity contribution in [3.8, 4) is 11.5 Å². The summed E-state index contributed by atoms with van der Waals surface area (Å²) in [5.41, 5.74) is 0.745. The van der Waals surface area contributed by atoms with Crippen LogP contribution in [0, 0.1) is 5.82 Å². The predicted octanol–water partition coefficient (Wildman–Crippen LogP) is 5.32. The molecule has 0 saturated carbocycles. The van der Waals surface area contributed by atoms with Crippen molar-refractivity contribution in [1.29, 1.82) is 0 Å². The van der Waals surface area contributed by atoms with Gasteiger partial charge in [0.15, 0.2) is 5.75 Å². The van der Waals surface area contributed by atoms with Crippen LogP contribution >= 0.6 is 11.3 Å². The number of hydrogen-bond acceptors (Lipinski definition) is 4. The summed E-state index contributed by atoms with van der Waals surface area (Å²) >= 11 is 1.18. The van der Waals surface area contributed by atoms with Crippen LogP contribution in [0.25, 0.3) is 0 Å². The molecule has 2 aromatic carbocycles.